The summed E-state index contributed by atoms with van der Waals surface area (Å²) in [4.78, 5) is 17.6. The van der Waals surface area contributed by atoms with Crippen LogP contribution in [0.5, 0.6) is 5.88 Å². The average Bonchev–Trinajstić information content (AvgIpc) is 3.46. The van der Waals surface area contributed by atoms with E-state index in [9.17, 15) is 4.79 Å². The zero-order valence-corrected chi connectivity index (χ0v) is 18.6. The minimum Gasteiger partial charge on any atom is -0.478 e. The van der Waals surface area contributed by atoms with Gasteiger partial charge in [-0.15, -0.1) is 5.10 Å². The number of ether oxygens (including phenoxy) is 1. The molecule has 9 heteroatoms. The number of nitrogens with zero attached hydrogens (tertiary/aromatic N) is 4. The van der Waals surface area contributed by atoms with Crippen LogP contribution in [-0.2, 0) is 10.2 Å². The Labute approximate surface area is 195 Å². The molecule has 0 aliphatic heterocycles. The average molecular weight is 461 g/mol. The Morgan fingerprint density at radius 2 is 1.94 bits per heavy atom. The topological polar surface area (TPSA) is 106 Å². The Morgan fingerprint density at radius 3 is 2.58 bits per heavy atom. The fourth-order valence-electron chi connectivity index (χ4n) is 3.91. The van der Waals surface area contributed by atoms with Crippen LogP contribution in [0.4, 0.5) is 5.69 Å². The third kappa shape index (κ3) is 4.17. The molecule has 0 radical (unpaired) electrons. The minimum absolute atomic E-state index is 0.0399. The van der Waals surface area contributed by atoms with Crippen molar-refractivity contribution < 1.29 is 9.53 Å². The summed E-state index contributed by atoms with van der Waals surface area (Å²) in [6, 6.07) is 16.9. The van der Waals surface area contributed by atoms with Crippen LogP contribution in [0.25, 0.3) is 22.5 Å². The summed E-state index contributed by atoms with van der Waals surface area (Å²) in [5, 5.41) is 18.0. The molecule has 2 N–H and O–H groups in total. The van der Waals surface area contributed by atoms with Gasteiger partial charge in [-0.05, 0) is 71.7 Å². The van der Waals surface area contributed by atoms with Gasteiger partial charge in [-0.2, -0.15) is 0 Å². The van der Waals surface area contributed by atoms with Crippen molar-refractivity contribution in [2.75, 3.05) is 11.9 Å². The molecule has 0 atom stereocenters. The maximum atomic E-state index is 13.2. The van der Waals surface area contributed by atoms with Gasteiger partial charge in [0.1, 0.15) is 0 Å². The van der Waals surface area contributed by atoms with E-state index in [1.165, 1.54) is 0 Å². The Bertz CT molecular complexity index is 1270. The van der Waals surface area contributed by atoms with E-state index in [0.29, 0.717) is 29.0 Å². The summed E-state index contributed by atoms with van der Waals surface area (Å²) in [5.41, 5.74) is 3.62. The van der Waals surface area contributed by atoms with E-state index < -0.39 is 5.41 Å². The van der Waals surface area contributed by atoms with Gasteiger partial charge in [0, 0.05) is 34.1 Å². The number of anilines is 1. The number of carbonyl (C=O) groups excluding carboxylic acids is 1. The molecular formula is C24H21ClN6O2. The molecule has 0 saturated heterocycles. The lowest BCUT2D eigenvalue weighted by Crippen LogP contribution is -2.27. The van der Waals surface area contributed by atoms with Gasteiger partial charge in [-0.3, -0.25) is 4.79 Å². The molecule has 1 fully saturated rings. The third-order valence-corrected chi connectivity index (χ3v) is 6.05. The predicted octanol–water partition coefficient (Wildman–Crippen LogP) is 4.65. The van der Waals surface area contributed by atoms with Crippen molar-refractivity contribution in [1.82, 2.24) is 25.6 Å². The van der Waals surface area contributed by atoms with E-state index in [1.54, 1.807) is 6.20 Å². The van der Waals surface area contributed by atoms with Gasteiger partial charge < -0.3 is 10.1 Å². The Morgan fingerprint density at radius 1 is 1.12 bits per heavy atom. The number of halogens is 1. The van der Waals surface area contributed by atoms with E-state index in [-0.39, 0.29) is 5.91 Å². The van der Waals surface area contributed by atoms with E-state index in [4.69, 9.17) is 16.3 Å². The van der Waals surface area contributed by atoms with Crippen molar-refractivity contribution in [3.8, 4) is 28.4 Å². The van der Waals surface area contributed by atoms with Crippen LogP contribution >= 0.6 is 11.6 Å². The first-order valence-electron chi connectivity index (χ1n) is 10.6. The number of rotatable bonds is 7. The van der Waals surface area contributed by atoms with Crippen molar-refractivity contribution in [3.05, 3.63) is 71.4 Å². The number of hydrogen-bond acceptors (Lipinski definition) is 6. The number of carbonyl (C=O) groups is 1. The first-order valence-corrected chi connectivity index (χ1v) is 11.0. The summed E-state index contributed by atoms with van der Waals surface area (Å²) in [6.45, 7) is 2.46. The monoisotopic (exact) mass is 460 g/mol. The molecule has 0 unspecified atom stereocenters. The Hall–Kier alpha value is -3.78. The number of aromatic amines is 1. The second-order valence-electron chi connectivity index (χ2n) is 7.87. The van der Waals surface area contributed by atoms with Gasteiger partial charge in [0.25, 0.3) is 0 Å². The van der Waals surface area contributed by atoms with Gasteiger partial charge >= 0.3 is 0 Å². The second-order valence-corrected chi connectivity index (χ2v) is 8.31. The van der Waals surface area contributed by atoms with Crippen molar-refractivity contribution in [2.24, 2.45) is 0 Å². The Kier molecular flexibility index (Phi) is 5.51. The van der Waals surface area contributed by atoms with Gasteiger partial charge in [0.05, 0.1) is 12.0 Å². The molecule has 33 heavy (non-hydrogen) atoms. The first kappa shape index (κ1) is 21.1. The number of benzene rings is 2. The highest BCUT2D eigenvalue weighted by Crippen LogP contribution is 2.49. The summed E-state index contributed by atoms with van der Waals surface area (Å²) in [7, 11) is 0. The lowest BCUT2D eigenvalue weighted by molar-refractivity contribution is -0.118. The van der Waals surface area contributed by atoms with E-state index in [2.05, 4.69) is 30.9 Å². The van der Waals surface area contributed by atoms with Gasteiger partial charge in [0.2, 0.25) is 11.8 Å². The number of amides is 1. The Balaban J connectivity index is 1.45. The minimum atomic E-state index is -0.518. The zero-order chi connectivity index (χ0) is 22.8. The summed E-state index contributed by atoms with van der Waals surface area (Å²) >= 11 is 6.02. The molecule has 5 rings (SSSR count). The maximum Gasteiger partial charge on any atom is 0.235 e. The summed E-state index contributed by atoms with van der Waals surface area (Å²) in [6.07, 6.45) is 3.34. The number of pyridine rings is 1. The fraction of sp³-hybridized carbons (Fsp3) is 0.208. The molecule has 2 aromatic heterocycles. The predicted molar refractivity (Wildman–Crippen MR) is 125 cm³/mol. The fourth-order valence-corrected chi connectivity index (χ4v) is 4.03. The van der Waals surface area contributed by atoms with Crippen LogP contribution in [0.1, 0.15) is 25.3 Å². The molecule has 2 aromatic carbocycles. The number of H-pyrrole nitrogens is 1. The molecular weight excluding hydrogens is 440 g/mol. The molecule has 8 nitrogen and oxygen atoms in total. The van der Waals surface area contributed by atoms with Crippen LogP contribution in [0, 0.1) is 0 Å². The molecule has 166 valence electrons. The molecule has 1 amide bonds. The molecule has 1 aliphatic carbocycles. The zero-order valence-electron chi connectivity index (χ0n) is 17.9. The van der Waals surface area contributed by atoms with Crippen LogP contribution in [-0.4, -0.2) is 38.1 Å². The quantitative estimate of drug-likeness (QED) is 0.415. The molecule has 4 aromatic rings. The lowest BCUT2D eigenvalue weighted by Gasteiger charge is -2.17. The number of nitrogens with one attached hydrogen (secondary N) is 2. The molecule has 1 saturated carbocycles. The normalized spacial score (nSPS) is 14.0. The second kappa shape index (κ2) is 8.63. The highest BCUT2D eigenvalue weighted by Gasteiger charge is 2.51. The van der Waals surface area contributed by atoms with Crippen molar-refractivity contribution >= 4 is 23.2 Å². The smallest absolute Gasteiger partial charge is 0.235 e. The van der Waals surface area contributed by atoms with E-state index in [0.717, 1.165) is 35.1 Å². The van der Waals surface area contributed by atoms with Gasteiger partial charge in [-0.25, -0.2) is 10.1 Å². The summed E-state index contributed by atoms with van der Waals surface area (Å²) < 4.78 is 5.44. The standard InChI is InChI=1S/C24H21ClN6O2/c1-2-33-21-10-3-15(14-26-21)19-9-8-18(13-20(19)22-28-30-31-29-22)27-23(32)24(11-12-24)16-4-6-17(25)7-5-16/h3-10,13-14H,2,11-12H2,1H3,(H,27,32)(H,28,29,30,31). The number of tetrazole rings is 1. The molecule has 2 heterocycles. The highest BCUT2D eigenvalue weighted by atomic mass is 35.5. The van der Waals surface area contributed by atoms with Crippen molar-refractivity contribution in [1.29, 1.82) is 0 Å². The van der Waals surface area contributed by atoms with Crippen molar-refractivity contribution in [3.63, 3.8) is 0 Å². The van der Waals surface area contributed by atoms with E-state index >= 15 is 0 Å². The van der Waals surface area contributed by atoms with Gasteiger partial charge in [-0.1, -0.05) is 29.8 Å². The highest BCUT2D eigenvalue weighted by molar-refractivity contribution is 6.30. The van der Waals surface area contributed by atoms with Crippen LogP contribution < -0.4 is 10.1 Å². The largest absolute Gasteiger partial charge is 0.478 e. The SMILES string of the molecule is CCOc1ccc(-c2ccc(NC(=O)C3(c4ccc(Cl)cc4)CC3)cc2-c2nnn[nH]2)cn1. The number of aromatic nitrogens is 5. The lowest BCUT2D eigenvalue weighted by atomic mass is 9.94. The van der Waals surface area contributed by atoms with E-state index in [1.807, 2.05) is 61.5 Å². The van der Waals surface area contributed by atoms with Crippen LogP contribution in [0.15, 0.2) is 60.8 Å². The molecule has 0 spiro atoms. The van der Waals surface area contributed by atoms with Gasteiger partial charge in [0.15, 0.2) is 5.82 Å². The van der Waals surface area contributed by atoms with Crippen LogP contribution in [0.2, 0.25) is 5.02 Å². The number of hydrogen-bond donors (Lipinski definition) is 2. The summed E-state index contributed by atoms with van der Waals surface area (Å²) in [5.74, 6) is 1.01. The molecule has 1 aliphatic rings. The van der Waals surface area contributed by atoms with Crippen molar-refractivity contribution in [2.45, 2.75) is 25.2 Å². The maximum absolute atomic E-state index is 13.2. The molecule has 0 bridgehead atoms. The third-order valence-electron chi connectivity index (χ3n) is 5.80. The first-order chi connectivity index (χ1) is 16.1. The van der Waals surface area contributed by atoms with Crippen LogP contribution in [0.3, 0.4) is 0 Å².